The molecular formula is C14H22N2OS2. The summed E-state index contributed by atoms with van der Waals surface area (Å²) in [5.74, 6) is 1.50. The van der Waals surface area contributed by atoms with Crippen molar-refractivity contribution in [1.82, 2.24) is 9.88 Å². The lowest BCUT2D eigenvalue weighted by atomic mass is 10.1. The molecule has 0 aromatic carbocycles. The monoisotopic (exact) mass is 298 g/mol. The van der Waals surface area contributed by atoms with Crippen LogP contribution in [-0.4, -0.2) is 28.0 Å². The molecule has 1 fully saturated rings. The van der Waals surface area contributed by atoms with E-state index in [4.69, 9.17) is 0 Å². The van der Waals surface area contributed by atoms with Crippen LogP contribution in [0.15, 0.2) is 24.5 Å². The maximum atomic E-state index is 11.6. The standard InChI is InChI=1S/C14H22N2OS2/c17-14(15-8-11-16-9-3-4-10-16)6-2-1-5-13-7-12-18-19-13/h3-4,9-10,13H,1-2,5-8,11-12H2,(H,15,17)/t13-/m0/s1. The minimum atomic E-state index is 0.195. The summed E-state index contributed by atoms with van der Waals surface area (Å²) in [6.07, 6.45) is 9.54. The molecule has 1 aliphatic rings. The van der Waals surface area contributed by atoms with Gasteiger partial charge in [-0.25, -0.2) is 0 Å². The Balaban J connectivity index is 1.45. The second-order valence-corrected chi connectivity index (χ2v) is 7.63. The van der Waals surface area contributed by atoms with Crippen molar-refractivity contribution in [3.8, 4) is 0 Å². The Hall–Kier alpha value is -0.550. The van der Waals surface area contributed by atoms with Gasteiger partial charge in [0.15, 0.2) is 0 Å². The second kappa shape index (κ2) is 8.59. The lowest BCUT2D eigenvalue weighted by Gasteiger charge is -2.08. The molecule has 0 aliphatic carbocycles. The summed E-state index contributed by atoms with van der Waals surface area (Å²) < 4.78 is 2.08. The minimum absolute atomic E-state index is 0.195. The van der Waals surface area contributed by atoms with Crippen molar-refractivity contribution in [2.45, 2.75) is 43.9 Å². The van der Waals surface area contributed by atoms with Crippen LogP contribution in [0.25, 0.3) is 0 Å². The van der Waals surface area contributed by atoms with E-state index in [1.54, 1.807) is 0 Å². The van der Waals surface area contributed by atoms with Crippen molar-refractivity contribution < 1.29 is 4.79 Å². The third kappa shape index (κ3) is 5.95. The lowest BCUT2D eigenvalue weighted by molar-refractivity contribution is -0.121. The number of carbonyl (C=O) groups excluding carboxylic acids is 1. The maximum Gasteiger partial charge on any atom is 0.220 e. The Morgan fingerprint density at radius 1 is 1.32 bits per heavy atom. The molecule has 1 aromatic rings. The normalized spacial score (nSPS) is 18.6. The van der Waals surface area contributed by atoms with Gasteiger partial charge in [-0.1, -0.05) is 28.0 Å². The van der Waals surface area contributed by atoms with Crippen molar-refractivity contribution in [3.05, 3.63) is 24.5 Å². The van der Waals surface area contributed by atoms with Crippen molar-refractivity contribution in [3.63, 3.8) is 0 Å². The van der Waals surface area contributed by atoms with Gasteiger partial charge >= 0.3 is 0 Å². The molecule has 2 heterocycles. The molecule has 1 amide bonds. The van der Waals surface area contributed by atoms with Gasteiger partial charge in [-0.3, -0.25) is 4.79 Å². The predicted octanol–water partition coefficient (Wildman–Crippen LogP) is 3.32. The third-order valence-electron chi connectivity index (χ3n) is 3.27. The van der Waals surface area contributed by atoms with Gasteiger partial charge in [0.2, 0.25) is 5.91 Å². The lowest BCUT2D eigenvalue weighted by Crippen LogP contribution is -2.26. The minimum Gasteiger partial charge on any atom is -0.354 e. The molecule has 0 bridgehead atoms. The van der Waals surface area contributed by atoms with E-state index in [-0.39, 0.29) is 5.91 Å². The summed E-state index contributed by atoms with van der Waals surface area (Å²) in [4.78, 5) is 11.6. The first-order chi connectivity index (χ1) is 9.34. The molecule has 106 valence electrons. The number of hydrogen-bond donors (Lipinski definition) is 1. The zero-order valence-electron chi connectivity index (χ0n) is 11.2. The predicted molar refractivity (Wildman–Crippen MR) is 84.4 cm³/mol. The Kier molecular flexibility index (Phi) is 6.71. The molecule has 0 saturated carbocycles. The van der Waals surface area contributed by atoms with Crippen LogP contribution in [0.4, 0.5) is 0 Å². The van der Waals surface area contributed by atoms with Crippen LogP contribution in [0.5, 0.6) is 0 Å². The fourth-order valence-electron chi connectivity index (χ4n) is 2.15. The highest BCUT2D eigenvalue weighted by Gasteiger charge is 2.15. The Morgan fingerprint density at radius 3 is 2.89 bits per heavy atom. The van der Waals surface area contributed by atoms with E-state index in [0.29, 0.717) is 6.42 Å². The molecule has 0 spiro atoms. The van der Waals surface area contributed by atoms with Crippen LogP contribution in [0.1, 0.15) is 32.1 Å². The smallest absolute Gasteiger partial charge is 0.220 e. The van der Waals surface area contributed by atoms with E-state index in [1.807, 2.05) is 46.1 Å². The molecule has 0 unspecified atom stereocenters. The third-order valence-corrected chi connectivity index (χ3v) is 6.27. The van der Waals surface area contributed by atoms with Gasteiger partial charge in [0, 0.05) is 42.9 Å². The average molecular weight is 298 g/mol. The SMILES string of the molecule is O=C(CCCC[C@H]1CCSS1)NCCn1cccc1. The van der Waals surface area contributed by atoms with E-state index in [1.165, 1.54) is 25.0 Å². The summed E-state index contributed by atoms with van der Waals surface area (Å²) in [6, 6.07) is 4.00. The van der Waals surface area contributed by atoms with E-state index in [2.05, 4.69) is 9.88 Å². The van der Waals surface area contributed by atoms with Gasteiger partial charge in [0.05, 0.1) is 0 Å². The zero-order chi connectivity index (χ0) is 13.3. The molecule has 0 radical (unpaired) electrons. The summed E-state index contributed by atoms with van der Waals surface area (Å²) in [7, 11) is 4.02. The number of rotatable bonds is 8. The number of carbonyl (C=O) groups is 1. The summed E-state index contributed by atoms with van der Waals surface area (Å²) >= 11 is 0. The Bertz CT molecular complexity index is 362. The first-order valence-electron chi connectivity index (χ1n) is 7.00. The quantitative estimate of drug-likeness (QED) is 0.590. The average Bonchev–Trinajstić information content (AvgIpc) is 3.07. The van der Waals surface area contributed by atoms with Gasteiger partial charge in [-0.15, -0.1) is 0 Å². The van der Waals surface area contributed by atoms with Crippen LogP contribution in [-0.2, 0) is 11.3 Å². The highest BCUT2D eigenvalue weighted by atomic mass is 33.1. The first-order valence-corrected chi connectivity index (χ1v) is 9.38. The van der Waals surface area contributed by atoms with Gasteiger partial charge in [-0.2, -0.15) is 0 Å². The Morgan fingerprint density at radius 2 is 2.16 bits per heavy atom. The number of unbranched alkanes of at least 4 members (excludes halogenated alkanes) is 1. The maximum absolute atomic E-state index is 11.6. The van der Waals surface area contributed by atoms with Gasteiger partial charge in [0.1, 0.15) is 0 Å². The summed E-state index contributed by atoms with van der Waals surface area (Å²) in [6.45, 7) is 1.58. The van der Waals surface area contributed by atoms with E-state index in [0.717, 1.165) is 24.8 Å². The molecule has 1 atom stereocenters. The van der Waals surface area contributed by atoms with Crippen LogP contribution < -0.4 is 5.32 Å². The number of nitrogens with one attached hydrogen (secondary N) is 1. The van der Waals surface area contributed by atoms with E-state index >= 15 is 0 Å². The number of amides is 1. The number of aromatic nitrogens is 1. The van der Waals surface area contributed by atoms with Crippen molar-refractivity contribution in [2.24, 2.45) is 0 Å². The van der Waals surface area contributed by atoms with Crippen LogP contribution in [0.2, 0.25) is 0 Å². The van der Waals surface area contributed by atoms with Crippen LogP contribution >= 0.6 is 21.6 Å². The van der Waals surface area contributed by atoms with E-state index < -0.39 is 0 Å². The summed E-state index contributed by atoms with van der Waals surface area (Å²) in [5.41, 5.74) is 0. The van der Waals surface area contributed by atoms with Gasteiger partial charge in [-0.05, 0) is 31.4 Å². The van der Waals surface area contributed by atoms with Crippen LogP contribution in [0.3, 0.4) is 0 Å². The zero-order valence-corrected chi connectivity index (χ0v) is 12.8. The Labute approximate surface area is 123 Å². The topological polar surface area (TPSA) is 34.0 Å². The molecule has 2 rings (SSSR count). The fourth-order valence-corrected chi connectivity index (χ4v) is 5.18. The number of hydrogen-bond acceptors (Lipinski definition) is 3. The number of nitrogens with zero attached hydrogens (tertiary/aromatic N) is 1. The van der Waals surface area contributed by atoms with Crippen molar-refractivity contribution in [2.75, 3.05) is 12.3 Å². The molecule has 1 N–H and O–H groups in total. The van der Waals surface area contributed by atoms with Crippen molar-refractivity contribution >= 4 is 27.5 Å². The van der Waals surface area contributed by atoms with Crippen LogP contribution in [0, 0.1) is 0 Å². The summed E-state index contributed by atoms with van der Waals surface area (Å²) in [5, 5.41) is 3.82. The molecule has 19 heavy (non-hydrogen) atoms. The molecule has 1 aliphatic heterocycles. The van der Waals surface area contributed by atoms with E-state index in [9.17, 15) is 4.79 Å². The molecule has 1 aromatic heterocycles. The molecular weight excluding hydrogens is 276 g/mol. The largest absolute Gasteiger partial charge is 0.354 e. The molecule has 1 saturated heterocycles. The first kappa shape index (κ1) is 14.9. The van der Waals surface area contributed by atoms with Gasteiger partial charge in [0.25, 0.3) is 0 Å². The van der Waals surface area contributed by atoms with Gasteiger partial charge < -0.3 is 9.88 Å². The second-order valence-electron chi connectivity index (χ2n) is 4.85. The highest BCUT2D eigenvalue weighted by Crippen LogP contribution is 2.39. The molecule has 3 nitrogen and oxygen atoms in total. The highest BCUT2D eigenvalue weighted by molar-refractivity contribution is 8.77. The molecule has 5 heteroatoms. The van der Waals surface area contributed by atoms with Crippen molar-refractivity contribution in [1.29, 1.82) is 0 Å². The fraction of sp³-hybridized carbons (Fsp3) is 0.643.